The quantitative estimate of drug-likeness (QED) is 0.391. The maximum Gasteiger partial charge on any atom is 0.214 e. The molecule has 0 saturated heterocycles. The van der Waals surface area contributed by atoms with E-state index in [0.717, 1.165) is 22.0 Å². The average molecular weight is 156 g/mol. The Labute approximate surface area is 66.7 Å². The van der Waals surface area contributed by atoms with Crippen LogP contribution in [-0.4, -0.2) is 0 Å². The van der Waals surface area contributed by atoms with E-state index in [9.17, 15) is 0 Å². The van der Waals surface area contributed by atoms with E-state index in [-0.39, 0.29) is 0 Å². The molecule has 1 aromatic carbocycles. The number of fused-ring (bicyclic) bond motifs is 5. The van der Waals surface area contributed by atoms with Crippen LogP contribution in [0.5, 0.6) is 0 Å². The lowest BCUT2D eigenvalue weighted by atomic mass is 10.1. The Kier molecular flexibility index (Phi) is 0.541. The standard InChI is InChI=1S/C10H4O2/c1-2-4-6-5(3-1)7-8(11-6)10-9(7)12-10/h1-4H. The van der Waals surface area contributed by atoms with Gasteiger partial charge in [-0.25, -0.2) is 0 Å². The van der Waals surface area contributed by atoms with E-state index in [0.29, 0.717) is 0 Å². The summed E-state index contributed by atoms with van der Waals surface area (Å²) in [5.41, 5.74) is 3.89. The number of rotatable bonds is 0. The fraction of sp³-hybridized carbons (Fsp3) is 0. The first-order valence-electron chi connectivity index (χ1n) is 3.89. The van der Waals surface area contributed by atoms with Gasteiger partial charge in [0.25, 0.3) is 0 Å². The van der Waals surface area contributed by atoms with Crippen molar-refractivity contribution in [2.75, 3.05) is 0 Å². The lowest BCUT2D eigenvalue weighted by Crippen LogP contribution is -1.64. The first-order valence-corrected chi connectivity index (χ1v) is 3.89. The smallest absolute Gasteiger partial charge is 0.214 e. The molecule has 2 nitrogen and oxygen atoms in total. The van der Waals surface area contributed by atoms with E-state index in [1.54, 1.807) is 0 Å². The van der Waals surface area contributed by atoms with Crippen molar-refractivity contribution in [1.82, 2.24) is 0 Å². The van der Waals surface area contributed by atoms with Crippen LogP contribution in [0, 0.1) is 10.8 Å². The van der Waals surface area contributed by atoms with Crippen molar-refractivity contribution in [3.8, 4) is 0 Å². The van der Waals surface area contributed by atoms with Crippen LogP contribution < -0.4 is 0 Å². The Balaban J connectivity index is 2.49. The van der Waals surface area contributed by atoms with Crippen molar-refractivity contribution >= 4 is 21.9 Å². The van der Waals surface area contributed by atoms with Gasteiger partial charge >= 0.3 is 0 Å². The number of hydrogen-bond acceptors (Lipinski definition) is 2. The van der Waals surface area contributed by atoms with Crippen molar-refractivity contribution in [1.29, 1.82) is 0 Å². The minimum absolute atomic E-state index is 0.936. The Morgan fingerprint density at radius 2 is 1.83 bits per heavy atom. The predicted octanol–water partition coefficient (Wildman–Crippen LogP) is 2.78. The molecule has 0 fully saturated rings. The summed E-state index contributed by atoms with van der Waals surface area (Å²) in [7, 11) is 0. The van der Waals surface area contributed by atoms with E-state index >= 15 is 0 Å². The molecule has 0 spiro atoms. The summed E-state index contributed by atoms with van der Waals surface area (Å²) in [5.74, 6) is 0. The first kappa shape index (κ1) is 5.04. The SMILES string of the molecule is c1ccc2c(c1)oc1c3oc=3c12. The normalized spacial score (nSPS) is 13.0. The second-order valence-electron chi connectivity index (χ2n) is 3.06. The molecule has 1 aliphatic heterocycles. The molecule has 56 valence electrons. The second kappa shape index (κ2) is 1.29. The fourth-order valence-electron chi connectivity index (χ4n) is 1.76. The van der Waals surface area contributed by atoms with E-state index in [1.165, 1.54) is 10.8 Å². The molecular formula is C10H4O2. The zero-order chi connectivity index (χ0) is 7.71. The van der Waals surface area contributed by atoms with Gasteiger partial charge in [0.05, 0.1) is 5.39 Å². The maximum absolute atomic E-state index is 5.56. The van der Waals surface area contributed by atoms with E-state index in [2.05, 4.69) is 6.07 Å². The molecule has 1 aliphatic carbocycles. The van der Waals surface area contributed by atoms with Crippen LogP contribution in [0.25, 0.3) is 21.9 Å². The van der Waals surface area contributed by atoms with Crippen molar-refractivity contribution in [2.45, 2.75) is 0 Å². The highest BCUT2D eigenvalue weighted by molar-refractivity contribution is 6.07. The Bertz CT molecular complexity index is 700. The van der Waals surface area contributed by atoms with Gasteiger partial charge in [-0.15, -0.1) is 0 Å². The van der Waals surface area contributed by atoms with E-state index in [4.69, 9.17) is 8.83 Å². The van der Waals surface area contributed by atoms with Crippen LogP contribution in [0.2, 0.25) is 0 Å². The molecule has 0 bridgehead atoms. The molecule has 0 unspecified atom stereocenters. The van der Waals surface area contributed by atoms with Gasteiger partial charge in [0.15, 0.2) is 11.0 Å². The Morgan fingerprint density at radius 1 is 0.917 bits per heavy atom. The molecule has 0 amide bonds. The van der Waals surface area contributed by atoms with Gasteiger partial charge in [-0.1, -0.05) is 18.2 Å². The summed E-state index contributed by atoms with van der Waals surface area (Å²) in [6.07, 6.45) is 0. The van der Waals surface area contributed by atoms with Crippen molar-refractivity contribution in [2.24, 2.45) is 0 Å². The van der Waals surface area contributed by atoms with Crippen LogP contribution >= 0.6 is 0 Å². The highest BCUT2D eigenvalue weighted by Crippen LogP contribution is 2.38. The van der Waals surface area contributed by atoms with Crippen molar-refractivity contribution < 1.29 is 8.83 Å². The van der Waals surface area contributed by atoms with Crippen molar-refractivity contribution in [3.63, 3.8) is 0 Å². The maximum atomic E-state index is 5.56. The van der Waals surface area contributed by atoms with Gasteiger partial charge in [-0.2, -0.15) is 0 Å². The lowest BCUT2D eigenvalue weighted by Gasteiger charge is -1.82. The fourth-order valence-corrected chi connectivity index (χ4v) is 1.76. The summed E-state index contributed by atoms with van der Waals surface area (Å²) < 4.78 is 10.7. The zero-order valence-electron chi connectivity index (χ0n) is 6.13. The van der Waals surface area contributed by atoms with E-state index in [1.807, 2.05) is 18.2 Å². The second-order valence-corrected chi connectivity index (χ2v) is 3.06. The summed E-state index contributed by atoms with van der Waals surface area (Å²) in [4.78, 5) is 0. The number of benzene rings is 1. The average Bonchev–Trinajstić information content (AvgIpc) is 2.70. The molecule has 12 heavy (non-hydrogen) atoms. The third-order valence-corrected chi connectivity index (χ3v) is 2.40. The molecule has 2 aromatic rings. The van der Waals surface area contributed by atoms with Gasteiger partial charge in [0.2, 0.25) is 5.42 Å². The van der Waals surface area contributed by atoms with Crippen LogP contribution in [0.3, 0.4) is 0 Å². The third-order valence-electron chi connectivity index (χ3n) is 2.40. The number of furan rings is 2. The molecule has 2 heteroatoms. The summed E-state index contributed by atoms with van der Waals surface area (Å²) in [6.45, 7) is 0. The van der Waals surface area contributed by atoms with E-state index < -0.39 is 0 Å². The molecule has 2 aliphatic rings. The third kappa shape index (κ3) is 0.355. The number of hydrogen-bond donors (Lipinski definition) is 0. The molecule has 2 heterocycles. The minimum Gasteiger partial charge on any atom is -0.452 e. The number of para-hydroxylation sites is 1. The largest absolute Gasteiger partial charge is 0.452 e. The van der Waals surface area contributed by atoms with Gasteiger partial charge in [0.1, 0.15) is 5.58 Å². The van der Waals surface area contributed by atoms with Crippen LogP contribution in [0.4, 0.5) is 0 Å². The zero-order valence-corrected chi connectivity index (χ0v) is 6.13. The molecule has 1 aromatic heterocycles. The Hall–Kier alpha value is -1.70. The summed E-state index contributed by atoms with van der Waals surface area (Å²) in [5, 5.41) is 2.34. The van der Waals surface area contributed by atoms with Gasteiger partial charge in [0, 0.05) is 5.39 Å². The molecule has 0 radical (unpaired) electrons. The first-order chi connectivity index (χ1) is 5.95. The summed E-state index contributed by atoms with van der Waals surface area (Å²) in [6, 6.07) is 8.03. The molecule has 0 N–H and O–H groups in total. The van der Waals surface area contributed by atoms with Crippen LogP contribution in [0.1, 0.15) is 0 Å². The van der Waals surface area contributed by atoms with Crippen LogP contribution in [-0.2, 0) is 0 Å². The molecule has 0 atom stereocenters. The predicted molar refractivity (Wildman–Crippen MR) is 43.7 cm³/mol. The molecule has 4 rings (SSSR count). The minimum atomic E-state index is 0.936. The van der Waals surface area contributed by atoms with Gasteiger partial charge in [-0.05, 0) is 6.07 Å². The summed E-state index contributed by atoms with van der Waals surface area (Å²) >= 11 is 0. The van der Waals surface area contributed by atoms with Crippen molar-refractivity contribution in [3.05, 3.63) is 35.1 Å². The highest BCUT2D eigenvalue weighted by atomic mass is 16.4. The molecular weight excluding hydrogens is 152 g/mol. The monoisotopic (exact) mass is 156 g/mol. The topological polar surface area (TPSA) is 26.3 Å². The Morgan fingerprint density at radius 3 is 2.83 bits per heavy atom. The van der Waals surface area contributed by atoms with Gasteiger partial charge < -0.3 is 8.83 Å². The van der Waals surface area contributed by atoms with Gasteiger partial charge in [-0.3, -0.25) is 0 Å². The highest BCUT2D eigenvalue weighted by Gasteiger charge is 2.24. The lowest BCUT2D eigenvalue weighted by molar-refractivity contribution is 0.626. The van der Waals surface area contributed by atoms with Crippen LogP contribution in [0.15, 0.2) is 33.1 Å². The molecule has 0 saturated carbocycles.